The van der Waals surface area contributed by atoms with Gasteiger partial charge in [-0.05, 0) is 12.1 Å². The first-order chi connectivity index (χ1) is 8.35. The number of carboxylic acids is 1. The second kappa shape index (κ2) is 5.76. The Balaban J connectivity index is 2.97. The van der Waals surface area contributed by atoms with Gasteiger partial charge in [-0.1, -0.05) is 12.1 Å². The van der Waals surface area contributed by atoms with E-state index < -0.39 is 26.5 Å². The van der Waals surface area contributed by atoms with E-state index in [2.05, 4.69) is 5.32 Å². The van der Waals surface area contributed by atoms with E-state index in [-0.39, 0.29) is 18.7 Å². The summed E-state index contributed by atoms with van der Waals surface area (Å²) >= 11 is 0. The molecule has 1 rings (SSSR count). The quantitative estimate of drug-likeness (QED) is 0.825. The van der Waals surface area contributed by atoms with Crippen LogP contribution in [-0.4, -0.2) is 31.8 Å². The number of halogens is 2. The molecule has 0 aliphatic heterocycles. The molecule has 0 radical (unpaired) electrons. The summed E-state index contributed by atoms with van der Waals surface area (Å²) < 4.78 is 47.5. The Hall–Kier alpha value is -1.70. The highest BCUT2D eigenvalue weighted by molar-refractivity contribution is 7.91. The van der Waals surface area contributed by atoms with Crippen LogP contribution in [0, 0.1) is 0 Å². The Labute approximate surface area is 102 Å². The molecule has 1 aromatic carbocycles. The minimum atomic E-state index is -4.70. The molecule has 0 fully saturated rings. The zero-order chi connectivity index (χ0) is 13.8. The molecule has 0 aromatic heterocycles. The second-order valence-corrected chi connectivity index (χ2v) is 5.26. The van der Waals surface area contributed by atoms with Gasteiger partial charge in [-0.25, -0.2) is 8.42 Å². The Kier molecular flexibility index (Phi) is 4.60. The highest BCUT2D eigenvalue weighted by Crippen LogP contribution is 2.25. The molecule has 18 heavy (non-hydrogen) atoms. The second-order valence-electron chi connectivity index (χ2n) is 3.37. The standard InChI is InChI=1S/C10H11F2NO4S/c11-10(12)18(16,17)8-4-2-1-3-7(8)13-6-5-9(14)15/h1-4,10,13H,5-6H2,(H,14,15). The molecule has 0 heterocycles. The van der Waals surface area contributed by atoms with Gasteiger partial charge in [0.25, 0.3) is 0 Å². The molecule has 0 aliphatic carbocycles. The van der Waals surface area contributed by atoms with Gasteiger partial charge in [-0.3, -0.25) is 4.79 Å². The maximum atomic E-state index is 12.4. The summed E-state index contributed by atoms with van der Waals surface area (Å²) in [6.45, 7) is -0.0505. The normalized spacial score (nSPS) is 11.5. The third-order valence-corrected chi connectivity index (χ3v) is 3.52. The number of nitrogens with one attached hydrogen (secondary N) is 1. The van der Waals surface area contributed by atoms with Crippen molar-refractivity contribution >= 4 is 21.5 Å². The Morgan fingerprint density at radius 1 is 1.33 bits per heavy atom. The summed E-state index contributed by atoms with van der Waals surface area (Å²) in [5, 5.41) is 10.9. The van der Waals surface area contributed by atoms with E-state index in [1.165, 1.54) is 18.2 Å². The van der Waals surface area contributed by atoms with Crippen molar-refractivity contribution in [2.45, 2.75) is 17.1 Å². The van der Waals surface area contributed by atoms with E-state index >= 15 is 0 Å². The molecule has 2 N–H and O–H groups in total. The number of carbonyl (C=O) groups is 1. The smallest absolute Gasteiger partial charge is 0.341 e. The molecule has 0 saturated heterocycles. The van der Waals surface area contributed by atoms with Crippen LogP contribution in [0.25, 0.3) is 0 Å². The first-order valence-electron chi connectivity index (χ1n) is 4.92. The van der Waals surface area contributed by atoms with E-state index in [0.29, 0.717) is 0 Å². The van der Waals surface area contributed by atoms with Crippen LogP contribution in [-0.2, 0) is 14.6 Å². The van der Waals surface area contributed by atoms with Crippen LogP contribution in [0.4, 0.5) is 14.5 Å². The summed E-state index contributed by atoms with van der Waals surface area (Å²) in [6.07, 6.45) is -0.247. The van der Waals surface area contributed by atoms with E-state index in [1.54, 1.807) is 0 Å². The number of sulfone groups is 1. The lowest BCUT2D eigenvalue weighted by molar-refractivity contribution is -0.136. The zero-order valence-electron chi connectivity index (χ0n) is 9.14. The van der Waals surface area contributed by atoms with Crippen molar-refractivity contribution in [3.05, 3.63) is 24.3 Å². The van der Waals surface area contributed by atoms with Crippen LogP contribution in [0.15, 0.2) is 29.2 Å². The predicted molar refractivity (Wildman–Crippen MR) is 60.4 cm³/mol. The number of para-hydroxylation sites is 1. The number of rotatable bonds is 6. The maximum absolute atomic E-state index is 12.4. The van der Waals surface area contributed by atoms with E-state index in [1.807, 2.05) is 0 Å². The molecule has 0 unspecified atom stereocenters. The zero-order valence-corrected chi connectivity index (χ0v) is 9.95. The van der Waals surface area contributed by atoms with Gasteiger partial charge >= 0.3 is 11.7 Å². The third kappa shape index (κ3) is 3.39. The third-order valence-electron chi connectivity index (χ3n) is 2.08. The molecule has 1 aromatic rings. The lowest BCUT2D eigenvalue weighted by Crippen LogP contribution is -2.15. The van der Waals surface area contributed by atoms with Gasteiger partial charge in [0.05, 0.1) is 17.0 Å². The fourth-order valence-corrected chi connectivity index (χ4v) is 2.17. The number of hydrogen-bond acceptors (Lipinski definition) is 4. The summed E-state index contributed by atoms with van der Waals surface area (Å²) in [7, 11) is -4.70. The number of hydrogen-bond donors (Lipinski definition) is 2. The van der Waals surface area contributed by atoms with Crippen molar-refractivity contribution in [3.8, 4) is 0 Å². The highest BCUT2D eigenvalue weighted by Gasteiger charge is 2.28. The fourth-order valence-electron chi connectivity index (χ4n) is 1.26. The van der Waals surface area contributed by atoms with Crippen molar-refractivity contribution in [2.24, 2.45) is 0 Å². The Morgan fingerprint density at radius 2 is 1.94 bits per heavy atom. The van der Waals surface area contributed by atoms with Crippen molar-refractivity contribution in [3.63, 3.8) is 0 Å². The van der Waals surface area contributed by atoms with E-state index in [0.717, 1.165) is 6.07 Å². The average molecular weight is 279 g/mol. The number of aliphatic carboxylic acids is 1. The molecule has 0 saturated carbocycles. The predicted octanol–water partition coefficient (Wildman–Crippen LogP) is 1.57. The largest absolute Gasteiger partial charge is 0.481 e. The van der Waals surface area contributed by atoms with Gasteiger partial charge in [0.15, 0.2) is 0 Å². The minimum absolute atomic E-state index is 0.0287. The van der Waals surface area contributed by atoms with Crippen LogP contribution in [0.2, 0.25) is 0 Å². The number of anilines is 1. The molecular formula is C10H11F2NO4S. The van der Waals surface area contributed by atoms with Gasteiger partial charge < -0.3 is 10.4 Å². The van der Waals surface area contributed by atoms with Crippen molar-refractivity contribution in [2.75, 3.05) is 11.9 Å². The molecule has 0 atom stereocenters. The molecule has 0 amide bonds. The molecule has 8 heteroatoms. The van der Waals surface area contributed by atoms with Gasteiger partial charge in [-0.15, -0.1) is 0 Å². The molecule has 0 bridgehead atoms. The molecule has 0 aliphatic rings. The SMILES string of the molecule is O=C(O)CCNc1ccccc1S(=O)(=O)C(F)F. The lowest BCUT2D eigenvalue weighted by atomic mass is 10.3. The fraction of sp³-hybridized carbons (Fsp3) is 0.300. The number of carboxylic acid groups (broad SMARTS) is 1. The van der Waals surface area contributed by atoms with Crippen LogP contribution >= 0.6 is 0 Å². The first kappa shape index (κ1) is 14.4. The average Bonchev–Trinajstić information content (AvgIpc) is 2.28. The van der Waals surface area contributed by atoms with Crippen LogP contribution in [0.5, 0.6) is 0 Å². The topological polar surface area (TPSA) is 83.5 Å². The maximum Gasteiger partial charge on any atom is 0.341 e. The molecule has 0 spiro atoms. The monoisotopic (exact) mass is 279 g/mol. The van der Waals surface area contributed by atoms with E-state index in [9.17, 15) is 22.0 Å². The van der Waals surface area contributed by atoms with Crippen LogP contribution in [0.1, 0.15) is 6.42 Å². The van der Waals surface area contributed by atoms with Crippen LogP contribution in [0.3, 0.4) is 0 Å². The molecule has 5 nitrogen and oxygen atoms in total. The summed E-state index contributed by atoms with van der Waals surface area (Å²) in [5.74, 6) is -4.59. The molecular weight excluding hydrogens is 268 g/mol. The summed E-state index contributed by atoms with van der Waals surface area (Å²) in [5.41, 5.74) is -0.0287. The summed E-state index contributed by atoms with van der Waals surface area (Å²) in [4.78, 5) is 9.76. The van der Waals surface area contributed by atoms with Gasteiger partial charge in [0, 0.05) is 6.54 Å². The van der Waals surface area contributed by atoms with Gasteiger partial charge in [0.1, 0.15) is 0 Å². The van der Waals surface area contributed by atoms with E-state index in [4.69, 9.17) is 5.11 Å². The summed E-state index contributed by atoms with van der Waals surface area (Å²) in [6, 6.07) is 5.13. The molecule has 100 valence electrons. The Bertz CT molecular complexity index is 530. The highest BCUT2D eigenvalue weighted by atomic mass is 32.2. The number of alkyl halides is 2. The van der Waals surface area contributed by atoms with Gasteiger partial charge in [0.2, 0.25) is 9.84 Å². The Morgan fingerprint density at radius 3 is 2.50 bits per heavy atom. The van der Waals surface area contributed by atoms with Gasteiger partial charge in [-0.2, -0.15) is 8.78 Å². The minimum Gasteiger partial charge on any atom is -0.481 e. The van der Waals surface area contributed by atoms with Crippen LogP contribution < -0.4 is 5.32 Å². The van der Waals surface area contributed by atoms with Crippen molar-refractivity contribution < 1.29 is 27.1 Å². The van der Waals surface area contributed by atoms with Crippen molar-refractivity contribution in [1.82, 2.24) is 0 Å². The number of benzene rings is 1. The van der Waals surface area contributed by atoms with Crippen molar-refractivity contribution in [1.29, 1.82) is 0 Å². The first-order valence-corrected chi connectivity index (χ1v) is 6.47. The lowest BCUT2D eigenvalue weighted by Gasteiger charge is -2.11.